The van der Waals surface area contributed by atoms with E-state index in [0.717, 1.165) is 0 Å². The van der Waals surface area contributed by atoms with Gasteiger partial charge in [-0.3, -0.25) is 0 Å². The molecule has 0 saturated heterocycles. The molecule has 0 radical (unpaired) electrons. The third kappa shape index (κ3) is 6.01. The summed E-state index contributed by atoms with van der Waals surface area (Å²) in [5.74, 6) is 0. The summed E-state index contributed by atoms with van der Waals surface area (Å²) >= 11 is 0. The second-order valence-electron chi connectivity index (χ2n) is 21.0. The Kier molecular flexibility index (Phi) is 8.72. The van der Waals surface area contributed by atoms with Crippen LogP contribution in [0.4, 0.5) is 17.1 Å². The minimum absolute atomic E-state index is 0.195. The third-order valence-electron chi connectivity index (χ3n) is 16.1. The largest absolute Gasteiger partial charge is 0.310 e. The molecular weight excluding hydrogens is 819 g/mol. The fourth-order valence-corrected chi connectivity index (χ4v) is 12.2. The van der Waals surface area contributed by atoms with E-state index in [1.807, 2.05) is 0 Å². The molecule has 13 rings (SSSR count). The fraction of sp³-hybridized carbons (Fsp3) is 0.134. The summed E-state index contributed by atoms with van der Waals surface area (Å²) < 4.78 is 0. The number of fused-ring (bicyclic) bond motifs is 10. The predicted molar refractivity (Wildman–Crippen MR) is 288 cm³/mol. The highest BCUT2D eigenvalue weighted by Crippen LogP contribution is 2.56. The monoisotopic (exact) mass is 871 g/mol. The summed E-state index contributed by atoms with van der Waals surface area (Å²) in [7, 11) is 0. The number of hydrogen-bond acceptors (Lipinski definition) is 1. The molecular formula is C67H53N. The van der Waals surface area contributed by atoms with E-state index in [0.29, 0.717) is 0 Å². The zero-order valence-corrected chi connectivity index (χ0v) is 39.7. The van der Waals surface area contributed by atoms with Crippen molar-refractivity contribution in [2.75, 3.05) is 4.90 Å². The van der Waals surface area contributed by atoms with Gasteiger partial charge in [0.1, 0.15) is 0 Å². The predicted octanol–water partition coefficient (Wildman–Crippen LogP) is 18.2. The standard InChI is InChI=1S/C67H53N/c1-65(2)59-36-47(42-15-9-7-10-16-42)23-29-53(59)56-32-26-50(39-62(56)65)68(51-27-33-57-54-30-24-48(43-17-11-8-12-18-43)37-60(54)66(3,4)63(57)40-51)52-28-34-58-55-31-25-49(38-61(55)67(5,6)64(58)41-52)46-22-21-44-19-13-14-20-45(44)35-46/h7-41H,1-6H3. The lowest BCUT2D eigenvalue weighted by molar-refractivity contribution is 0.659. The van der Waals surface area contributed by atoms with E-state index >= 15 is 0 Å². The first-order chi connectivity index (χ1) is 32.9. The van der Waals surface area contributed by atoms with E-state index in [1.165, 1.54) is 128 Å². The maximum absolute atomic E-state index is 2.53. The lowest BCUT2D eigenvalue weighted by Crippen LogP contribution is -2.19. The summed E-state index contributed by atoms with van der Waals surface area (Å²) in [5.41, 5.74) is 26.6. The molecule has 10 aromatic rings. The summed E-state index contributed by atoms with van der Waals surface area (Å²) in [6.45, 7) is 14.4. The molecule has 3 aliphatic carbocycles. The lowest BCUT2D eigenvalue weighted by atomic mass is 9.81. The number of hydrogen-bond donors (Lipinski definition) is 0. The van der Waals surface area contributed by atoms with E-state index in [2.05, 4.69) is 259 Å². The Labute approximate surface area is 401 Å². The molecule has 0 heterocycles. The Morgan fingerprint density at radius 2 is 0.529 bits per heavy atom. The van der Waals surface area contributed by atoms with Gasteiger partial charge in [0.15, 0.2) is 0 Å². The highest BCUT2D eigenvalue weighted by atomic mass is 15.1. The van der Waals surface area contributed by atoms with E-state index in [1.54, 1.807) is 0 Å². The molecule has 1 heteroatoms. The lowest BCUT2D eigenvalue weighted by Gasteiger charge is -2.31. The molecule has 0 aromatic heterocycles. The van der Waals surface area contributed by atoms with Crippen molar-refractivity contribution in [3.8, 4) is 66.8 Å². The van der Waals surface area contributed by atoms with Crippen LogP contribution in [-0.4, -0.2) is 0 Å². The van der Waals surface area contributed by atoms with Gasteiger partial charge in [0.25, 0.3) is 0 Å². The van der Waals surface area contributed by atoms with Crippen molar-refractivity contribution in [2.24, 2.45) is 0 Å². The highest BCUT2D eigenvalue weighted by molar-refractivity contribution is 5.93. The van der Waals surface area contributed by atoms with Gasteiger partial charge in [-0.2, -0.15) is 0 Å². The zero-order valence-electron chi connectivity index (χ0n) is 39.7. The van der Waals surface area contributed by atoms with Crippen molar-refractivity contribution in [3.63, 3.8) is 0 Å². The first-order valence-electron chi connectivity index (χ1n) is 24.2. The summed E-state index contributed by atoms with van der Waals surface area (Å²) in [6.07, 6.45) is 0. The Hall–Kier alpha value is -7.74. The van der Waals surface area contributed by atoms with Crippen LogP contribution in [0.1, 0.15) is 74.9 Å². The van der Waals surface area contributed by atoms with Crippen molar-refractivity contribution in [1.82, 2.24) is 0 Å². The van der Waals surface area contributed by atoms with Crippen molar-refractivity contribution in [1.29, 1.82) is 0 Å². The van der Waals surface area contributed by atoms with Crippen molar-refractivity contribution in [3.05, 3.63) is 246 Å². The number of rotatable bonds is 6. The van der Waals surface area contributed by atoms with Crippen molar-refractivity contribution in [2.45, 2.75) is 57.8 Å². The van der Waals surface area contributed by atoms with Gasteiger partial charge in [0.2, 0.25) is 0 Å². The summed E-state index contributed by atoms with van der Waals surface area (Å²) in [5, 5.41) is 2.54. The normalized spacial score (nSPS) is 15.0. The maximum atomic E-state index is 2.53. The molecule has 3 aliphatic rings. The van der Waals surface area contributed by atoms with Gasteiger partial charge in [0, 0.05) is 33.3 Å². The van der Waals surface area contributed by atoms with Gasteiger partial charge in [-0.15, -0.1) is 0 Å². The minimum atomic E-state index is -0.213. The average molecular weight is 872 g/mol. The van der Waals surface area contributed by atoms with Gasteiger partial charge in [-0.1, -0.05) is 193 Å². The van der Waals surface area contributed by atoms with Gasteiger partial charge >= 0.3 is 0 Å². The molecule has 0 unspecified atom stereocenters. The molecule has 68 heavy (non-hydrogen) atoms. The van der Waals surface area contributed by atoms with Crippen LogP contribution >= 0.6 is 0 Å². The molecule has 0 spiro atoms. The van der Waals surface area contributed by atoms with Crippen LogP contribution in [0.15, 0.2) is 212 Å². The Bertz CT molecular complexity index is 3550. The van der Waals surface area contributed by atoms with Crippen LogP contribution in [0, 0.1) is 0 Å². The Morgan fingerprint density at radius 3 is 0.926 bits per heavy atom. The van der Waals surface area contributed by atoms with Crippen LogP contribution < -0.4 is 4.90 Å². The number of anilines is 3. The molecule has 0 atom stereocenters. The van der Waals surface area contributed by atoms with E-state index < -0.39 is 0 Å². The molecule has 326 valence electrons. The van der Waals surface area contributed by atoms with Gasteiger partial charge in [-0.05, 0) is 172 Å². The van der Waals surface area contributed by atoms with Crippen LogP contribution in [0.5, 0.6) is 0 Å². The van der Waals surface area contributed by atoms with E-state index in [9.17, 15) is 0 Å². The number of nitrogens with zero attached hydrogens (tertiary/aromatic N) is 1. The molecule has 0 saturated carbocycles. The topological polar surface area (TPSA) is 3.24 Å². The van der Waals surface area contributed by atoms with Crippen LogP contribution in [-0.2, 0) is 16.2 Å². The van der Waals surface area contributed by atoms with E-state index in [4.69, 9.17) is 0 Å². The molecule has 0 amide bonds. The molecule has 10 aromatic carbocycles. The quantitative estimate of drug-likeness (QED) is 0.161. The molecule has 0 fully saturated rings. The van der Waals surface area contributed by atoms with Gasteiger partial charge in [-0.25, -0.2) is 0 Å². The van der Waals surface area contributed by atoms with Crippen molar-refractivity contribution >= 4 is 27.8 Å². The van der Waals surface area contributed by atoms with Gasteiger partial charge < -0.3 is 4.90 Å². The zero-order chi connectivity index (χ0) is 46.1. The number of benzene rings is 10. The van der Waals surface area contributed by atoms with Crippen molar-refractivity contribution < 1.29 is 0 Å². The second kappa shape index (κ2) is 14.6. The third-order valence-corrected chi connectivity index (χ3v) is 16.1. The first-order valence-corrected chi connectivity index (χ1v) is 24.2. The molecule has 1 nitrogen and oxygen atoms in total. The maximum Gasteiger partial charge on any atom is 0.0465 e. The smallest absolute Gasteiger partial charge is 0.0465 e. The summed E-state index contributed by atoms with van der Waals surface area (Å²) in [6, 6.07) is 80.0. The Morgan fingerprint density at radius 1 is 0.235 bits per heavy atom. The van der Waals surface area contributed by atoms with E-state index in [-0.39, 0.29) is 16.2 Å². The van der Waals surface area contributed by atoms with Crippen LogP contribution in [0.25, 0.3) is 77.5 Å². The summed E-state index contributed by atoms with van der Waals surface area (Å²) in [4.78, 5) is 2.53. The van der Waals surface area contributed by atoms with Gasteiger partial charge in [0.05, 0.1) is 0 Å². The second-order valence-corrected chi connectivity index (χ2v) is 21.0. The highest BCUT2D eigenvalue weighted by Gasteiger charge is 2.40. The van der Waals surface area contributed by atoms with Crippen LogP contribution in [0.3, 0.4) is 0 Å². The van der Waals surface area contributed by atoms with Crippen LogP contribution in [0.2, 0.25) is 0 Å². The molecule has 0 bridgehead atoms. The SMILES string of the molecule is CC1(C)c2cc(-c3ccccc3)ccc2-c2ccc(N(c3ccc4c(c3)C(C)(C)c3cc(-c5ccccc5)ccc3-4)c3ccc4c(c3)C(C)(C)c3cc(-c5ccc6ccccc6c5)ccc3-4)cc21. The first kappa shape index (κ1) is 40.5. The Balaban J connectivity index is 0.942. The average Bonchev–Trinajstić information content (AvgIpc) is 3.85. The fourth-order valence-electron chi connectivity index (χ4n) is 12.2. The molecule has 0 N–H and O–H groups in total. The minimum Gasteiger partial charge on any atom is -0.310 e. The molecule has 0 aliphatic heterocycles.